The largest absolute Gasteiger partial charge is 0.497 e. The molecule has 0 fully saturated rings. The van der Waals surface area contributed by atoms with Gasteiger partial charge in [0.2, 0.25) is 0 Å². The highest BCUT2D eigenvalue weighted by molar-refractivity contribution is 5.90. The van der Waals surface area contributed by atoms with Gasteiger partial charge in [0.1, 0.15) is 23.2 Å². The van der Waals surface area contributed by atoms with Gasteiger partial charge in [-0.3, -0.25) is 0 Å². The van der Waals surface area contributed by atoms with E-state index in [1.165, 1.54) is 13.2 Å². The third-order valence-electron chi connectivity index (χ3n) is 3.79. The second-order valence-corrected chi connectivity index (χ2v) is 5.30. The second-order valence-electron chi connectivity index (χ2n) is 5.30. The molecular weight excluding hydrogens is 339 g/mol. The zero-order chi connectivity index (χ0) is 18.1. The smallest absolute Gasteiger partial charge is 0.271 e. The summed E-state index contributed by atoms with van der Waals surface area (Å²) in [7, 11) is 1.50. The molecule has 0 amide bonds. The molecule has 0 spiro atoms. The molecule has 1 nitrogen and oxygen atoms in total. The lowest BCUT2D eigenvalue weighted by atomic mass is 9.98. The first-order valence-electron chi connectivity index (χ1n) is 7.19. The van der Waals surface area contributed by atoms with Crippen molar-refractivity contribution >= 4 is 16.8 Å². The van der Waals surface area contributed by atoms with Crippen LogP contribution in [0.15, 0.2) is 48.5 Å². The van der Waals surface area contributed by atoms with E-state index in [0.29, 0.717) is 16.9 Å². The Morgan fingerprint density at radius 3 is 2.16 bits per heavy atom. The van der Waals surface area contributed by atoms with E-state index in [1.807, 2.05) is 0 Å². The Bertz CT molecular complexity index is 974. The van der Waals surface area contributed by atoms with E-state index in [2.05, 4.69) is 0 Å². The maximum Gasteiger partial charge on any atom is 0.271 e. The van der Waals surface area contributed by atoms with Crippen molar-refractivity contribution in [1.82, 2.24) is 0 Å². The number of methoxy groups -OCH3 is 1. The van der Waals surface area contributed by atoms with Crippen LogP contribution in [0, 0.1) is 17.5 Å². The molecule has 0 atom stereocenters. The summed E-state index contributed by atoms with van der Waals surface area (Å²) in [5, 5.41) is -0.594. The number of ether oxygens (including phenoxy) is 1. The van der Waals surface area contributed by atoms with Crippen LogP contribution in [0.1, 0.15) is 5.56 Å². The van der Waals surface area contributed by atoms with Gasteiger partial charge in [-0.1, -0.05) is 12.1 Å². The lowest BCUT2D eigenvalue weighted by Crippen LogP contribution is -1.95. The Hall–Kier alpha value is -2.89. The fraction of sp³-hybridized carbons (Fsp3) is 0.0526. The van der Waals surface area contributed by atoms with Gasteiger partial charge < -0.3 is 4.74 Å². The summed E-state index contributed by atoms with van der Waals surface area (Å²) >= 11 is 0. The highest BCUT2D eigenvalue weighted by atomic mass is 19.3. The van der Waals surface area contributed by atoms with Crippen LogP contribution < -0.4 is 4.74 Å². The summed E-state index contributed by atoms with van der Waals surface area (Å²) in [5.41, 5.74) is 0.0382. The van der Waals surface area contributed by atoms with Gasteiger partial charge in [-0.05, 0) is 46.8 Å². The molecule has 0 saturated carbocycles. The summed E-state index contributed by atoms with van der Waals surface area (Å²) < 4.78 is 72.4. The molecule has 0 aliphatic carbocycles. The summed E-state index contributed by atoms with van der Waals surface area (Å²) in [4.78, 5) is 0. The zero-order valence-electron chi connectivity index (χ0n) is 12.9. The Morgan fingerprint density at radius 1 is 0.880 bits per heavy atom. The second kappa shape index (κ2) is 6.55. The van der Waals surface area contributed by atoms with E-state index >= 15 is 0 Å². The third-order valence-corrected chi connectivity index (χ3v) is 3.79. The standard InChI is InChI=1S/C19H11F5O/c1-25-13-4-2-10(3-5-13)11-6-12-8-15(20)14(9-17(22)23)19(24)18(12)16(21)7-11/h2-9H,1H3. The van der Waals surface area contributed by atoms with Crippen LogP contribution in [-0.4, -0.2) is 7.11 Å². The SMILES string of the molecule is COc1ccc(-c2cc(F)c3c(F)c(C=C(F)F)c(F)cc3c2)cc1. The minimum absolute atomic E-state index is 0.0426. The first-order chi connectivity index (χ1) is 11.9. The normalized spacial score (nSPS) is 10.8. The Labute approximate surface area is 140 Å². The van der Waals surface area contributed by atoms with Crippen LogP contribution in [0.25, 0.3) is 28.0 Å². The molecular formula is C19H11F5O. The van der Waals surface area contributed by atoms with Crippen LogP contribution in [0.2, 0.25) is 0 Å². The fourth-order valence-corrected chi connectivity index (χ4v) is 2.62. The van der Waals surface area contributed by atoms with Crippen LogP contribution in [0.3, 0.4) is 0 Å². The van der Waals surface area contributed by atoms with Crippen molar-refractivity contribution < 1.29 is 26.7 Å². The molecule has 0 aliphatic heterocycles. The molecule has 3 aromatic rings. The van der Waals surface area contributed by atoms with Gasteiger partial charge in [-0.15, -0.1) is 0 Å². The van der Waals surface area contributed by atoms with E-state index in [-0.39, 0.29) is 11.5 Å². The Kier molecular flexibility index (Phi) is 4.44. The van der Waals surface area contributed by atoms with Gasteiger partial charge in [-0.25, -0.2) is 13.2 Å². The van der Waals surface area contributed by atoms with Crippen molar-refractivity contribution in [3.8, 4) is 16.9 Å². The number of rotatable bonds is 3. The minimum Gasteiger partial charge on any atom is -0.497 e. The van der Waals surface area contributed by atoms with E-state index in [0.717, 1.165) is 12.1 Å². The molecule has 0 saturated heterocycles. The lowest BCUT2D eigenvalue weighted by Gasteiger charge is -2.10. The number of hydrogen-bond donors (Lipinski definition) is 0. The van der Waals surface area contributed by atoms with E-state index in [1.54, 1.807) is 24.3 Å². The lowest BCUT2D eigenvalue weighted by molar-refractivity contribution is 0.415. The average molecular weight is 350 g/mol. The van der Waals surface area contributed by atoms with Crippen molar-refractivity contribution in [2.45, 2.75) is 0 Å². The Balaban J connectivity index is 2.21. The van der Waals surface area contributed by atoms with Crippen molar-refractivity contribution in [3.05, 3.63) is 71.6 Å². The van der Waals surface area contributed by atoms with Gasteiger partial charge in [0.25, 0.3) is 6.08 Å². The van der Waals surface area contributed by atoms with Crippen molar-refractivity contribution in [3.63, 3.8) is 0 Å². The van der Waals surface area contributed by atoms with Crippen molar-refractivity contribution in [1.29, 1.82) is 0 Å². The van der Waals surface area contributed by atoms with E-state index < -0.39 is 34.5 Å². The van der Waals surface area contributed by atoms with Gasteiger partial charge >= 0.3 is 0 Å². The number of halogens is 5. The van der Waals surface area contributed by atoms with Crippen LogP contribution in [-0.2, 0) is 0 Å². The molecule has 0 N–H and O–H groups in total. The van der Waals surface area contributed by atoms with Gasteiger partial charge in [0.15, 0.2) is 0 Å². The topological polar surface area (TPSA) is 9.23 Å². The molecule has 6 heteroatoms. The Morgan fingerprint density at radius 2 is 1.56 bits per heavy atom. The summed E-state index contributed by atoms with van der Waals surface area (Å²) in [6.45, 7) is 0. The monoisotopic (exact) mass is 350 g/mol. The number of fused-ring (bicyclic) bond motifs is 1. The zero-order valence-corrected chi connectivity index (χ0v) is 12.9. The predicted octanol–water partition coefficient (Wildman–Crippen LogP) is 6.17. The van der Waals surface area contributed by atoms with E-state index in [4.69, 9.17) is 4.74 Å². The maximum atomic E-state index is 14.4. The van der Waals surface area contributed by atoms with Crippen LogP contribution >= 0.6 is 0 Å². The first-order valence-corrected chi connectivity index (χ1v) is 7.19. The highest BCUT2D eigenvalue weighted by Crippen LogP contribution is 2.33. The van der Waals surface area contributed by atoms with Gasteiger partial charge in [0, 0.05) is 6.08 Å². The van der Waals surface area contributed by atoms with Crippen LogP contribution in [0.5, 0.6) is 5.75 Å². The molecule has 0 aliphatic rings. The van der Waals surface area contributed by atoms with E-state index in [9.17, 15) is 22.0 Å². The number of benzene rings is 3. The highest BCUT2D eigenvalue weighted by Gasteiger charge is 2.17. The minimum atomic E-state index is -2.27. The third kappa shape index (κ3) is 3.20. The van der Waals surface area contributed by atoms with Gasteiger partial charge in [-0.2, -0.15) is 8.78 Å². The summed E-state index contributed by atoms with van der Waals surface area (Å²) in [6, 6.07) is 9.97. The molecule has 0 bridgehead atoms. The molecule has 3 rings (SSSR count). The fourth-order valence-electron chi connectivity index (χ4n) is 2.62. The summed E-state index contributed by atoms with van der Waals surface area (Å²) in [5.74, 6) is -2.91. The first kappa shape index (κ1) is 17.0. The molecule has 3 aromatic carbocycles. The quantitative estimate of drug-likeness (QED) is 0.513. The average Bonchev–Trinajstić information content (AvgIpc) is 2.57. The molecule has 0 unspecified atom stereocenters. The molecule has 128 valence electrons. The summed E-state index contributed by atoms with van der Waals surface area (Å²) in [6.07, 6.45) is -2.23. The maximum absolute atomic E-state index is 14.4. The van der Waals surface area contributed by atoms with Gasteiger partial charge in [0.05, 0.1) is 18.1 Å². The molecule has 0 heterocycles. The van der Waals surface area contributed by atoms with Crippen LogP contribution in [0.4, 0.5) is 22.0 Å². The molecule has 0 aromatic heterocycles. The predicted molar refractivity (Wildman–Crippen MR) is 86.0 cm³/mol. The number of hydrogen-bond acceptors (Lipinski definition) is 1. The molecule has 25 heavy (non-hydrogen) atoms. The van der Waals surface area contributed by atoms with Crippen molar-refractivity contribution in [2.75, 3.05) is 7.11 Å². The van der Waals surface area contributed by atoms with Crippen molar-refractivity contribution in [2.24, 2.45) is 0 Å². The molecule has 0 radical (unpaired) electrons.